The van der Waals surface area contributed by atoms with Crippen LogP contribution in [-0.4, -0.2) is 31.6 Å². The number of quaternary nitrogens is 1. The molecular weight excluding hydrogens is 392 g/mol. The highest BCUT2D eigenvalue weighted by molar-refractivity contribution is 5.94. The number of benzene rings is 2. The van der Waals surface area contributed by atoms with E-state index in [9.17, 15) is 18.4 Å². The summed E-state index contributed by atoms with van der Waals surface area (Å²) >= 11 is 0. The Morgan fingerprint density at radius 2 is 1.63 bits per heavy atom. The number of imide groups is 1. The van der Waals surface area contributed by atoms with Gasteiger partial charge in [0.05, 0.1) is 0 Å². The Bertz CT molecular complexity index is 799. The lowest BCUT2D eigenvalue weighted by Gasteiger charge is -2.17. The van der Waals surface area contributed by atoms with E-state index in [0.29, 0.717) is 12.5 Å². The fraction of sp³-hybridized carbons (Fsp3) is 0.364. The summed E-state index contributed by atoms with van der Waals surface area (Å²) in [6.45, 7) is 1.74. The Kier molecular flexibility index (Phi) is 9.21. The van der Waals surface area contributed by atoms with E-state index in [1.165, 1.54) is 12.1 Å². The summed E-state index contributed by atoms with van der Waals surface area (Å²) < 4.78 is 29.1. The summed E-state index contributed by atoms with van der Waals surface area (Å²) in [6.07, 6.45) is 0.828. The average molecular weight is 420 g/mol. The van der Waals surface area contributed by atoms with E-state index in [1.807, 2.05) is 30.3 Å². The molecule has 1 atom stereocenters. The van der Waals surface area contributed by atoms with Crippen molar-refractivity contribution in [3.05, 3.63) is 65.7 Å². The number of carbonyl (C=O) groups is 2. The van der Waals surface area contributed by atoms with E-state index in [2.05, 4.69) is 29.2 Å². The SMILES string of the molecule is CC(C)CCNC(=O)NC(=O)C[NH2+][C@H](c1ccccc1)c1ccc(OC(F)F)cc1. The highest BCUT2D eigenvalue weighted by Gasteiger charge is 2.20. The zero-order chi connectivity index (χ0) is 21.9. The summed E-state index contributed by atoms with van der Waals surface area (Å²) in [6, 6.07) is 15.0. The zero-order valence-electron chi connectivity index (χ0n) is 17.1. The second-order valence-corrected chi connectivity index (χ2v) is 7.26. The maximum atomic E-state index is 12.4. The number of ether oxygens (including phenoxy) is 1. The topological polar surface area (TPSA) is 84.0 Å². The highest BCUT2D eigenvalue weighted by atomic mass is 19.3. The predicted molar refractivity (Wildman–Crippen MR) is 109 cm³/mol. The Hall–Kier alpha value is -3.00. The molecule has 0 aliphatic heterocycles. The van der Waals surface area contributed by atoms with Crippen molar-refractivity contribution in [3.8, 4) is 5.75 Å². The number of amides is 3. The van der Waals surface area contributed by atoms with Crippen LogP contribution in [0.1, 0.15) is 37.4 Å². The van der Waals surface area contributed by atoms with Crippen LogP contribution in [0, 0.1) is 5.92 Å². The van der Waals surface area contributed by atoms with Gasteiger partial charge in [0.25, 0.3) is 5.91 Å². The summed E-state index contributed by atoms with van der Waals surface area (Å²) in [7, 11) is 0. The molecule has 0 heterocycles. The Morgan fingerprint density at radius 3 is 2.23 bits per heavy atom. The number of nitrogens with two attached hydrogens (primary N) is 1. The first kappa shape index (κ1) is 23.3. The van der Waals surface area contributed by atoms with Crippen molar-refractivity contribution in [3.63, 3.8) is 0 Å². The number of carbonyl (C=O) groups excluding carboxylic acids is 2. The third kappa shape index (κ3) is 8.16. The van der Waals surface area contributed by atoms with Gasteiger partial charge in [-0.25, -0.2) is 4.79 Å². The predicted octanol–water partition coefficient (Wildman–Crippen LogP) is 2.81. The molecule has 2 rings (SSSR count). The lowest BCUT2D eigenvalue weighted by atomic mass is 9.98. The van der Waals surface area contributed by atoms with Gasteiger partial charge in [0.1, 0.15) is 11.8 Å². The minimum absolute atomic E-state index is 0.0203. The average Bonchev–Trinajstić information content (AvgIpc) is 2.69. The van der Waals surface area contributed by atoms with Crippen molar-refractivity contribution in [2.24, 2.45) is 5.92 Å². The smallest absolute Gasteiger partial charge is 0.387 e. The fourth-order valence-electron chi connectivity index (χ4n) is 2.90. The molecule has 0 aliphatic carbocycles. The number of halogens is 2. The normalized spacial score (nSPS) is 11.9. The standard InChI is InChI=1S/C22H27F2N3O3/c1-15(2)12-13-25-22(29)27-19(28)14-26-20(16-6-4-3-5-7-16)17-8-10-18(11-9-17)30-21(23)24/h3-11,15,20-21,26H,12-14H2,1-2H3,(H2,25,27,28,29)/p+1/t20-/m1/s1. The quantitative estimate of drug-likeness (QED) is 0.553. The summed E-state index contributed by atoms with van der Waals surface area (Å²) in [5.74, 6) is 0.102. The molecule has 0 saturated heterocycles. The van der Waals surface area contributed by atoms with Crippen LogP contribution in [0.3, 0.4) is 0 Å². The maximum absolute atomic E-state index is 12.4. The first-order valence-corrected chi connectivity index (χ1v) is 9.86. The minimum atomic E-state index is -2.89. The van der Waals surface area contributed by atoms with Crippen molar-refractivity contribution in [2.45, 2.75) is 32.9 Å². The zero-order valence-corrected chi connectivity index (χ0v) is 17.1. The van der Waals surface area contributed by atoms with Crippen molar-refractivity contribution >= 4 is 11.9 Å². The Balaban J connectivity index is 1.99. The van der Waals surface area contributed by atoms with E-state index >= 15 is 0 Å². The van der Waals surface area contributed by atoms with Gasteiger partial charge >= 0.3 is 12.6 Å². The molecule has 2 aromatic rings. The molecule has 0 saturated carbocycles. The second kappa shape index (κ2) is 11.9. The molecule has 30 heavy (non-hydrogen) atoms. The van der Waals surface area contributed by atoms with E-state index < -0.39 is 18.5 Å². The van der Waals surface area contributed by atoms with Gasteiger partial charge in [0.15, 0.2) is 6.54 Å². The Morgan fingerprint density at radius 1 is 1.00 bits per heavy atom. The monoisotopic (exact) mass is 420 g/mol. The van der Waals surface area contributed by atoms with Crippen molar-refractivity contribution in [2.75, 3.05) is 13.1 Å². The van der Waals surface area contributed by atoms with Gasteiger partial charge in [0, 0.05) is 17.7 Å². The van der Waals surface area contributed by atoms with Crippen molar-refractivity contribution < 1.29 is 28.4 Å². The molecule has 0 radical (unpaired) electrons. The highest BCUT2D eigenvalue weighted by Crippen LogP contribution is 2.22. The van der Waals surface area contributed by atoms with E-state index in [0.717, 1.165) is 17.5 Å². The van der Waals surface area contributed by atoms with E-state index in [4.69, 9.17) is 0 Å². The lowest BCUT2D eigenvalue weighted by molar-refractivity contribution is -0.676. The number of hydrogen-bond donors (Lipinski definition) is 3. The maximum Gasteiger partial charge on any atom is 0.387 e. The molecule has 162 valence electrons. The fourth-order valence-corrected chi connectivity index (χ4v) is 2.90. The van der Waals surface area contributed by atoms with Crippen LogP contribution in [-0.2, 0) is 4.79 Å². The van der Waals surface area contributed by atoms with E-state index in [-0.39, 0.29) is 18.3 Å². The number of nitrogens with one attached hydrogen (secondary N) is 2. The number of hydrogen-bond acceptors (Lipinski definition) is 3. The number of rotatable bonds is 10. The van der Waals surface area contributed by atoms with Crippen LogP contribution in [0.4, 0.5) is 13.6 Å². The van der Waals surface area contributed by atoms with Gasteiger partial charge in [-0.05, 0) is 36.6 Å². The van der Waals surface area contributed by atoms with Crippen LogP contribution < -0.4 is 20.7 Å². The van der Waals surface area contributed by atoms with Crippen LogP contribution in [0.5, 0.6) is 5.75 Å². The third-order valence-electron chi connectivity index (χ3n) is 4.42. The van der Waals surface area contributed by atoms with Crippen LogP contribution in [0.25, 0.3) is 0 Å². The van der Waals surface area contributed by atoms with Gasteiger partial charge in [-0.15, -0.1) is 0 Å². The summed E-state index contributed by atoms with van der Waals surface area (Å²) in [5.41, 5.74) is 1.76. The number of alkyl halides is 2. The molecule has 0 aromatic heterocycles. The molecule has 0 aliphatic rings. The Labute approximate surface area is 175 Å². The molecule has 0 spiro atoms. The van der Waals surface area contributed by atoms with Gasteiger partial charge in [-0.1, -0.05) is 44.2 Å². The van der Waals surface area contributed by atoms with Crippen LogP contribution in [0.2, 0.25) is 0 Å². The van der Waals surface area contributed by atoms with Crippen molar-refractivity contribution in [1.29, 1.82) is 0 Å². The van der Waals surface area contributed by atoms with Gasteiger partial charge in [-0.3, -0.25) is 10.1 Å². The van der Waals surface area contributed by atoms with Gasteiger partial charge in [0.2, 0.25) is 0 Å². The molecule has 0 bridgehead atoms. The molecule has 6 nitrogen and oxygen atoms in total. The third-order valence-corrected chi connectivity index (χ3v) is 4.42. The molecule has 3 amide bonds. The summed E-state index contributed by atoms with van der Waals surface area (Å²) in [4.78, 5) is 24.0. The number of urea groups is 1. The van der Waals surface area contributed by atoms with Crippen LogP contribution in [0.15, 0.2) is 54.6 Å². The molecule has 2 aromatic carbocycles. The second-order valence-electron chi connectivity index (χ2n) is 7.26. The van der Waals surface area contributed by atoms with Crippen molar-refractivity contribution in [1.82, 2.24) is 10.6 Å². The molecule has 0 unspecified atom stereocenters. The van der Waals surface area contributed by atoms with Gasteiger partial charge in [-0.2, -0.15) is 8.78 Å². The molecule has 0 fully saturated rings. The largest absolute Gasteiger partial charge is 0.435 e. The summed E-state index contributed by atoms with van der Waals surface area (Å²) in [5, 5.41) is 6.76. The van der Waals surface area contributed by atoms with Crippen LogP contribution >= 0.6 is 0 Å². The molecule has 8 heteroatoms. The molecular formula is C22H28F2N3O3+. The van der Waals surface area contributed by atoms with Gasteiger partial charge < -0.3 is 15.4 Å². The first-order chi connectivity index (χ1) is 14.3. The van der Waals surface area contributed by atoms with E-state index in [1.54, 1.807) is 17.4 Å². The lowest BCUT2D eigenvalue weighted by Crippen LogP contribution is -2.88. The minimum Gasteiger partial charge on any atom is -0.435 e. The molecule has 4 N–H and O–H groups in total. The first-order valence-electron chi connectivity index (χ1n) is 9.86.